The first-order valence-corrected chi connectivity index (χ1v) is 6.48. The summed E-state index contributed by atoms with van der Waals surface area (Å²) in [6.07, 6.45) is 3.59. The van der Waals surface area contributed by atoms with Crippen LogP contribution in [0.2, 0.25) is 0 Å². The Morgan fingerprint density at radius 1 is 1.32 bits per heavy atom. The van der Waals surface area contributed by atoms with Crippen LogP contribution >= 0.6 is 0 Å². The molecule has 3 nitrogen and oxygen atoms in total. The van der Waals surface area contributed by atoms with Gasteiger partial charge in [-0.2, -0.15) is 0 Å². The Labute approximate surface area is 113 Å². The Hall–Kier alpha value is -1.68. The maximum atomic E-state index is 13.0. The van der Waals surface area contributed by atoms with Gasteiger partial charge in [0.15, 0.2) is 0 Å². The second-order valence-corrected chi connectivity index (χ2v) is 5.37. The highest BCUT2D eigenvalue weighted by molar-refractivity contribution is 5.59. The molecule has 1 atom stereocenters. The van der Waals surface area contributed by atoms with Crippen LogP contribution in [0.5, 0.6) is 0 Å². The Balaban J connectivity index is 2.50. The first-order chi connectivity index (χ1) is 8.99. The molecule has 4 heteroatoms. The van der Waals surface area contributed by atoms with Gasteiger partial charge < -0.3 is 10.3 Å². The molecule has 2 aromatic rings. The molecule has 19 heavy (non-hydrogen) atoms. The van der Waals surface area contributed by atoms with Crippen molar-refractivity contribution in [2.24, 2.45) is 11.7 Å². The normalized spacial score (nSPS) is 14.6. The second-order valence-electron chi connectivity index (χ2n) is 5.37. The van der Waals surface area contributed by atoms with Crippen LogP contribution in [-0.4, -0.2) is 16.1 Å². The van der Waals surface area contributed by atoms with Crippen molar-refractivity contribution in [2.75, 3.05) is 6.54 Å². The summed E-state index contributed by atoms with van der Waals surface area (Å²) in [6, 6.07) is 6.45. The van der Waals surface area contributed by atoms with E-state index in [0.29, 0.717) is 12.5 Å². The number of halogens is 1. The topological polar surface area (TPSA) is 43.8 Å². The molecular weight excluding hydrogens is 241 g/mol. The minimum Gasteiger partial charge on any atom is -0.328 e. The van der Waals surface area contributed by atoms with E-state index in [2.05, 4.69) is 30.3 Å². The molecule has 0 bridgehead atoms. The van der Waals surface area contributed by atoms with E-state index in [0.717, 1.165) is 11.3 Å². The molecule has 0 aliphatic rings. The zero-order valence-electron chi connectivity index (χ0n) is 11.6. The fraction of sp³-hybridized carbons (Fsp3) is 0.400. The molecule has 0 spiro atoms. The number of hydrogen-bond donors (Lipinski definition) is 1. The first kappa shape index (κ1) is 13.7. The van der Waals surface area contributed by atoms with Gasteiger partial charge in [0.2, 0.25) is 0 Å². The Bertz CT molecular complexity index is 545. The molecule has 0 aliphatic heterocycles. The average Bonchev–Trinajstić information content (AvgIpc) is 2.88. The number of imidazole rings is 1. The van der Waals surface area contributed by atoms with Crippen LogP contribution in [0.3, 0.4) is 0 Å². The molecule has 0 amide bonds. The quantitative estimate of drug-likeness (QED) is 0.919. The Kier molecular flexibility index (Phi) is 3.71. The lowest BCUT2D eigenvalue weighted by Crippen LogP contribution is -2.42. The minimum atomic E-state index is -0.236. The van der Waals surface area contributed by atoms with Gasteiger partial charge in [0.25, 0.3) is 0 Å². The molecule has 0 saturated heterocycles. The molecule has 102 valence electrons. The highest BCUT2D eigenvalue weighted by atomic mass is 19.1. The fourth-order valence-corrected chi connectivity index (χ4v) is 2.15. The molecular formula is C15H20FN3. The number of rotatable bonds is 4. The van der Waals surface area contributed by atoms with E-state index >= 15 is 0 Å². The summed E-state index contributed by atoms with van der Waals surface area (Å²) in [6.45, 7) is 6.92. The zero-order chi connectivity index (χ0) is 14.0. The second kappa shape index (κ2) is 5.13. The molecule has 0 aliphatic carbocycles. The van der Waals surface area contributed by atoms with Crippen LogP contribution in [0.1, 0.15) is 20.8 Å². The molecule has 1 aromatic heterocycles. The number of nitrogens with zero attached hydrogens (tertiary/aromatic N) is 2. The lowest BCUT2D eigenvalue weighted by molar-refractivity contribution is 0.233. The first-order valence-electron chi connectivity index (χ1n) is 6.48. The average molecular weight is 261 g/mol. The lowest BCUT2D eigenvalue weighted by atomic mass is 9.87. The zero-order valence-corrected chi connectivity index (χ0v) is 11.6. The van der Waals surface area contributed by atoms with Crippen LogP contribution in [0, 0.1) is 11.7 Å². The maximum absolute atomic E-state index is 13.0. The van der Waals surface area contributed by atoms with Gasteiger partial charge in [0.1, 0.15) is 5.82 Å². The van der Waals surface area contributed by atoms with E-state index in [1.54, 1.807) is 24.7 Å². The van der Waals surface area contributed by atoms with Gasteiger partial charge in [-0.1, -0.05) is 13.8 Å². The van der Waals surface area contributed by atoms with Gasteiger partial charge in [0.05, 0.1) is 23.8 Å². The van der Waals surface area contributed by atoms with Crippen LogP contribution in [0.4, 0.5) is 4.39 Å². The van der Waals surface area contributed by atoms with E-state index in [1.807, 2.05) is 0 Å². The largest absolute Gasteiger partial charge is 0.328 e. The molecule has 0 fully saturated rings. The van der Waals surface area contributed by atoms with E-state index < -0.39 is 0 Å². The van der Waals surface area contributed by atoms with Crippen molar-refractivity contribution in [1.29, 1.82) is 0 Å². The third-order valence-electron chi connectivity index (χ3n) is 3.99. The molecule has 2 N–H and O–H groups in total. The summed E-state index contributed by atoms with van der Waals surface area (Å²) >= 11 is 0. The van der Waals surface area contributed by atoms with Crippen LogP contribution in [0.25, 0.3) is 11.3 Å². The summed E-state index contributed by atoms with van der Waals surface area (Å²) in [4.78, 5) is 4.23. The van der Waals surface area contributed by atoms with Crippen LogP contribution < -0.4 is 5.73 Å². The monoisotopic (exact) mass is 261 g/mol. The standard InChI is InChI=1S/C15H20FN3/c1-11(2)15(3,9-17)19-10-18-8-14(19)12-4-6-13(16)7-5-12/h4-8,10-11H,9,17H2,1-3H3. The Morgan fingerprint density at radius 3 is 2.47 bits per heavy atom. The predicted molar refractivity (Wildman–Crippen MR) is 75.2 cm³/mol. The van der Waals surface area contributed by atoms with Crippen LogP contribution in [-0.2, 0) is 5.54 Å². The number of hydrogen-bond acceptors (Lipinski definition) is 2. The maximum Gasteiger partial charge on any atom is 0.123 e. The number of aromatic nitrogens is 2. The van der Waals surface area contributed by atoms with Crippen molar-refractivity contribution in [3.8, 4) is 11.3 Å². The van der Waals surface area contributed by atoms with E-state index in [4.69, 9.17) is 5.73 Å². The van der Waals surface area contributed by atoms with E-state index in [1.165, 1.54) is 12.1 Å². The SMILES string of the molecule is CC(C)C(C)(CN)n1cncc1-c1ccc(F)cc1. The number of nitrogens with two attached hydrogens (primary N) is 1. The minimum absolute atomic E-state index is 0.208. The van der Waals surface area contributed by atoms with Gasteiger partial charge in [-0.25, -0.2) is 9.37 Å². The summed E-state index contributed by atoms with van der Waals surface area (Å²) < 4.78 is 15.1. The van der Waals surface area contributed by atoms with E-state index in [9.17, 15) is 4.39 Å². The van der Waals surface area contributed by atoms with E-state index in [-0.39, 0.29) is 11.4 Å². The summed E-state index contributed by atoms with van der Waals surface area (Å²) in [5.74, 6) is 0.131. The lowest BCUT2D eigenvalue weighted by Gasteiger charge is -2.35. The third kappa shape index (κ3) is 2.40. The third-order valence-corrected chi connectivity index (χ3v) is 3.99. The van der Waals surface area contributed by atoms with Crippen molar-refractivity contribution >= 4 is 0 Å². The van der Waals surface area contributed by atoms with Crippen molar-refractivity contribution in [1.82, 2.24) is 9.55 Å². The molecule has 1 unspecified atom stereocenters. The summed E-state index contributed by atoms with van der Waals surface area (Å²) in [7, 11) is 0. The molecule has 0 radical (unpaired) electrons. The van der Waals surface area contributed by atoms with Crippen molar-refractivity contribution in [2.45, 2.75) is 26.3 Å². The predicted octanol–water partition coefficient (Wildman–Crippen LogP) is 3.02. The Morgan fingerprint density at radius 2 is 1.95 bits per heavy atom. The van der Waals surface area contributed by atoms with Gasteiger partial charge in [-0.3, -0.25) is 0 Å². The van der Waals surface area contributed by atoms with Gasteiger partial charge >= 0.3 is 0 Å². The molecule has 1 heterocycles. The van der Waals surface area contributed by atoms with Gasteiger partial charge in [0, 0.05) is 6.54 Å². The molecule has 1 aromatic carbocycles. The fourth-order valence-electron chi connectivity index (χ4n) is 2.15. The van der Waals surface area contributed by atoms with Crippen molar-refractivity contribution < 1.29 is 4.39 Å². The summed E-state index contributed by atoms with van der Waals surface area (Å²) in [5.41, 5.74) is 7.66. The van der Waals surface area contributed by atoms with Gasteiger partial charge in [-0.15, -0.1) is 0 Å². The highest BCUT2D eigenvalue weighted by Gasteiger charge is 2.30. The smallest absolute Gasteiger partial charge is 0.123 e. The van der Waals surface area contributed by atoms with Crippen LogP contribution in [0.15, 0.2) is 36.8 Å². The van der Waals surface area contributed by atoms with Crippen molar-refractivity contribution in [3.05, 3.63) is 42.6 Å². The number of benzene rings is 1. The van der Waals surface area contributed by atoms with Gasteiger partial charge in [-0.05, 0) is 42.7 Å². The van der Waals surface area contributed by atoms with Crippen molar-refractivity contribution in [3.63, 3.8) is 0 Å². The summed E-state index contributed by atoms with van der Waals surface area (Å²) in [5, 5.41) is 0. The molecule has 2 rings (SSSR count). The molecule has 0 saturated carbocycles. The highest BCUT2D eigenvalue weighted by Crippen LogP contribution is 2.30.